The van der Waals surface area contributed by atoms with Gasteiger partial charge < -0.3 is 9.64 Å². The summed E-state index contributed by atoms with van der Waals surface area (Å²) in [4.78, 5) is 14.6. The number of carbonyl (C=O) groups is 1. The van der Waals surface area contributed by atoms with Crippen LogP contribution in [0, 0.1) is 5.92 Å². The van der Waals surface area contributed by atoms with Crippen LogP contribution in [0.15, 0.2) is 34.8 Å². The lowest BCUT2D eigenvalue weighted by Crippen LogP contribution is -2.40. The fraction of sp³-hybridized carbons (Fsp3) is 0.474. The van der Waals surface area contributed by atoms with Crippen molar-refractivity contribution < 1.29 is 9.53 Å². The van der Waals surface area contributed by atoms with E-state index in [1.165, 1.54) is 0 Å². The first kappa shape index (κ1) is 18.0. The zero-order valence-electron chi connectivity index (χ0n) is 14.7. The van der Waals surface area contributed by atoms with Gasteiger partial charge in [0, 0.05) is 13.1 Å². The SMILES string of the molecule is CC(C)c1[nH]nc(C(=O)N2CCC(COc3ccccc3)CC2)c1Br. The highest BCUT2D eigenvalue weighted by molar-refractivity contribution is 9.10. The molecule has 25 heavy (non-hydrogen) atoms. The lowest BCUT2D eigenvalue weighted by Gasteiger charge is -2.31. The maximum Gasteiger partial charge on any atom is 0.275 e. The summed E-state index contributed by atoms with van der Waals surface area (Å²) in [5.74, 6) is 1.68. The standard InChI is InChI=1S/C19H24BrN3O2/c1-13(2)17-16(20)18(22-21-17)19(24)23-10-8-14(9-11-23)12-25-15-6-4-3-5-7-15/h3-7,13-14H,8-12H2,1-2H3,(H,21,22). The van der Waals surface area contributed by atoms with Crippen LogP contribution in [0.3, 0.4) is 0 Å². The largest absolute Gasteiger partial charge is 0.493 e. The fourth-order valence-electron chi connectivity index (χ4n) is 3.05. The van der Waals surface area contributed by atoms with Crippen molar-refractivity contribution in [3.8, 4) is 5.75 Å². The Morgan fingerprint density at radius 3 is 2.60 bits per heavy atom. The Morgan fingerprint density at radius 2 is 2.00 bits per heavy atom. The predicted octanol–water partition coefficient (Wildman–Crippen LogP) is 4.23. The molecule has 134 valence electrons. The maximum atomic E-state index is 12.7. The molecule has 1 amide bonds. The number of likely N-dealkylation sites (tertiary alicyclic amines) is 1. The molecule has 1 saturated heterocycles. The molecule has 6 heteroatoms. The van der Waals surface area contributed by atoms with Crippen molar-refractivity contribution >= 4 is 21.8 Å². The van der Waals surface area contributed by atoms with E-state index in [-0.39, 0.29) is 5.91 Å². The summed E-state index contributed by atoms with van der Waals surface area (Å²) in [7, 11) is 0. The number of carbonyl (C=O) groups excluding carboxylic acids is 1. The van der Waals surface area contributed by atoms with Crippen LogP contribution in [0.5, 0.6) is 5.75 Å². The van der Waals surface area contributed by atoms with Crippen LogP contribution in [-0.4, -0.2) is 40.7 Å². The second-order valence-electron chi connectivity index (χ2n) is 6.81. The van der Waals surface area contributed by atoms with Gasteiger partial charge in [-0.1, -0.05) is 32.0 Å². The first-order chi connectivity index (χ1) is 12.1. The van der Waals surface area contributed by atoms with E-state index >= 15 is 0 Å². The lowest BCUT2D eigenvalue weighted by atomic mass is 9.97. The van der Waals surface area contributed by atoms with E-state index in [4.69, 9.17) is 4.74 Å². The summed E-state index contributed by atoms with van der Waals surface area (Å²) in [6, 6.07) is 9.88. The zero-order chi connectivity index (χ0) is 17.8. The van der Waals surface area contributed by atoms with E-state index in [9.17, 15) is 4.79 Å². The van der Waals surface area contributed by atoms with Gasteiger partial charge in [0.15, 0.2) is 5.69 Å². The average Bonchev–Trinajstić information content (AvgIpc) is 3.02. The Balaban J connectivity index is 1.52. The van der Waals surface area contributed by atoms with Gasteiger partial charge in [0.05, 0.1) is 16.8 Å². The molecule has 0 bridgehead atoms. The topological polar surface area (TPSA) is 58.2 Å². The Morgan fingerprint density at radius 1 is 1.32 bits per heavy atom. The monoisotopic (exact) mass is 405 g/mol. The first-order valence-electron chi connectivity index (χ1n) is 8.77. The average molecular weight is 406 g/mol. The molecule has 2 heterocycles. The van der Waals surface area contributed by atoms with E-state index in [0.717, 1.165) is 41.8 Å². The number of halogens is 1. The minimum absolute atomic E-state index is 0.00236. The number of piperidine rings is 1. The van der Waals surface area contributed by atoms with Crippen LogP contribution in [0.1, 0.15) is 48.8 Å². The van der Waals surface area contributed by atoms with Gasteiger partial charge in [0.2, 0.25) is 0 Å². The first-order valence-corrected chi connectivity index (χ1v) is 9.56. The van der Waals surface area contributed by atoms with E-state index in [1.54, 1.807) is 0 Å². The minimum atomic E-state index is -0.00236. The van der Waals surface area contributed by atoms with Crippen molar-refractivity contribution in [3.05, 3.63) is 46.2 Å². The Bertz CT molecular complexity index is 707. The van der Waals surface area contributed by atoms with Crippen LogP contribution in [0.2, 0.25) is 0 Å². The van der Waals surface area contributed by atoms with Gasteiger partial charge in [0.25, 0.3) is 5.91 Å². The molecule has 0 spiro atoms. The Kier molecular flexibility index (Phi) is 5.78. The summed E-state index contributed by atoms with van der Waals surface area (Å²) in [5, 5.41) is 7.20. The maximum absolute atomic E-state index is 12.7. The summed E-state index contributed by atoms with van der Waals surface area (Å²) in [6.45, 7) is 6.35. The number of H-pyrrole nitrogens is 1. The van der Waals surface area contributed by atoms with Crippen molar-refractivity contribution in [1.82, 2.24) is 15.1 Å². The molecule has 0 saturated carbocycles. The molecular weight excluding hydrogens is 382 g/mol. The quantitative estimate of drug-likeness (QED) is 0.809. The molecule has 0 radical (unpaired) electrons. The van der Waals surface area contributed by atoms with Gasteiger partial charge in [-0.25, -0.2) is 0 Å². The number of nitrogens with zero attached hydrogens (tertiary/aromatic N) is 2. The van der Waals surface area contributed by atoms with Gasteiger partial charge in [-0.15, -0.1) is 0 Å². The van der Waals surface area contributed by atoms with Crippen molar-refractivity contribution in [2.24, 2.45) is 5.92 Å². The van der Waals surface area contributed by atoms with Crippen LogP contribution < -0.4 is 4.74 Å². The fourth-order valence-corrected chi connectivity index (χ4v) is 3.85. The molecule has 1 aliphatic rings. The number of hydrogen-bond acceptors (Lipinski definition) is 3. The molecule has 1 aliphatic heterocycles. The van der Waals surface area contributed by atoms with Gasteiger partial charge >= 0.3 is 0 Å². The molecule has 1 N–H and O–H groups in total. The van der Waals surface area contributed by atoms with Crippen molar-refractivity contribution in [1.29, 1.82) is 0 Å². The summed E-state index contributed by atoms with van der Waals surface area (Å²) in [5.41, 5.74) is 1.46. The molecule has 2 aromatic rings. The normalized spacial score (nSPS) is 15.6. The number of aromatic amines is 1. The molecule has 0 atom stereocenters. The highest BCUT2D eigenvalue weighted by atomic mass is 79.9. The van der Waals surface area contributed by atoms with Crippen LogP contribution in [0.4, 0.5) is 0 Å². The second kappa shape index (κ2) is 8.04. The smallest absolute Gasteiger partial charge is 0.275 e. The number of rotatable bonds is 5. The number of nitrogens with one attached hydrogen (secondary N) is 1. The Hall–Kier alpha value is -1.82. The molecule has 3 rings (SSSR count). The zero-order valence-corrected chi connectivity index (χ0v) is 16.3. The second-order valence-corrected chi connectivity index (χ2v) is 7.61. The van der Waals surface area contributed by atoms with E-state index in [2.05, 4.69) is 40.0 Å². The van der Waals surface area contributed by atoms with Crippen LogP contribution in [-0.2, 0) is 0 Å². The third-order valence-corrected chi connectivity index (χ3v) is 5.45. The molecule has 1 aromatic carbocycles. The molecular formula is C19H24BrN3O2. The highest BCUT2D eigenvalue weighted by Gasteiger charge is 2.28. The molecule has 0 unspecified atom stereocenters. The number of aromatic nitrogens is 2. The summed E-state index contributed by atoms with van der Waals surface area (Å²) >= 11 is 3.52. The van der Waals surface area contributed by atoms with Crippen LogP contribution in [0.25, 0.3) is 0 Å². The van der Waals surface area contributed by atoms with Crippen molar-refractivity contribution in [2.45, 2.75) is 32.6 Å². The predicted molar refractivity (Wildman–Crippen MR) is 101 cm³/mol. The molecule has 5 nitrogen and oxygen atoms in total. The number of hydrogen-bond donors (Lipinski definition) is 1. The van der Waals surface area contributed by atoms with Crippen molar-refractivity contribution in [2.75, 3.05) is 19.7 Å². The van der Waals surface area contributed by atoms with Gasteiger partial charge in [0.1, 0.15) is 5.75 Å². The van der Waals surface area contributed by atoms with Gasteiger partial charge in [-0.05, 0) is 52.7 Å². The summed E-state index contributed by atoms with van der Waals surface area (Å²) in [6.07, 6.45) is 1.91. The lowest BCUT2D eigenvalue weighted by molar-refractivity contribution is 0.0654. The Labute approximate surface area is 156 Å². The van der Waals surface area contributed by atoms with E-state index in [0.29, 0.717) is 24.1 Å². The van der Waals surface area contributed by atoms with Gasteiger partial charge in [-0.2, -0.15) is 5.10 Å². The number of ether oxygens (including phenoxy) is 1. The van der Waals surface area contributed by atoms with Crippen LogP contribution >= 0.6 is 15.9 Å². The number of amides is 1. The van der Waals surface area contributed by atoms with Gasteiger partial charge in [-0.3, -0.25) is 9.89 Å². The van der Waals surface area contributed by atoms with Crippen molar-refractivity contribution in [3.63, 3.8) is 0 Å². The highest BCUT2D eigenvalue weighted by Crippen LogP contribution is 2.28. The number of benzene rings is 1. The summed E-state index contributed by atoms with van der Waals surface area (Å²) < 4.78 is 6.64. The van der Waals surface area contributed by atoms with E-state index in [1.807, 2.05) is 35.2 Å². The molecule has 0 aliphatic carbocycles. The third kappa shape index (κ3) is 4.24. The third-order valence-electron chi connectivity index (χ3n) is 4.64. The molecule has 1 aromatic heterocycles. The van der Waals surface area contributed by atoms with E-state index < -0.39 is 0 Å². The number of para-hydroxylation sites is 1. The molecule has 1 fully saturated rings. The minimum Gasteiger partial charge on any atom is -0.493 e.